The molecule has 1 aliphatic rings. The van der Waals surface area contributed by atoms with Gasteiger partial charge in [-0.25, -0.2) is 0 Å². The Hall–Kier alpha value is -2.64. The number of likely N-dealkylation sites (N-methyl/N-ethyl adjacent to an activating group) is 1. The lowest BCUT2D eigenvalue weighted by atomic mass is 9.95. The molecule has 0 aromatic heterocycles. The normalized spacial score (nSPS) is 17.9. The molecule has 1 N–H and O–H groups in total. The predicted octanol–water partition coefficient (Wildman–Crippen LogP) is 4.53. The number of nitrogens with zero attached hydrogens (tertiary/aromatic N) is 2. The van der Waals surface area contributed by atoms with Gasteiger partial charge in [-0.1, -0.05) is 41.9 Å². The van der Waals surface area contributed by atoms with Crippen LogP contribution in [-0.4, -0.2) is 59.9 Å². The molecular weight excluding hydrogens is 472 g/mol. The lowest BCUT2D eigenvalue weighted by molar-refractivity contribution is -0.140. The average Bonchev–Trinajstić information content (AvgIpc) is 3.04. The van der Waals surface area contributed by atoms with Gasteiger partial charge in [-0.05, 0) is 61.5 Å². The van der Waals surface area contributed by atoms with E-state index in [1.807, 2.05) is 31.2 Å². The average molecular weight is 501 g/mol. The highest BCUT2D eigenvalue weighted by atomic mass is 79.9. The Kier molecular flexibility index (Phi) is 7.74. The van der Waals surface area contributed by atoms with Crippen molar-refractivity contribution < 1.29 is 19.4 Å². The molecule has 0 unspecified atom stereocenters. The second kappa shape index (κ2) is 10.3. The van der Waals surface area contributed by atoms with Gasteiger partial charge in [0.25, 0.3) is 11.7 Å². The Balaban J connectivity index is 2.10. The first-order valence-electron chi connectivity index (χ1n) is 10.7. The van der Waals surface area contributed by atoms with Gasteiger partial charge in [0.05, 0.1) is 18.7 Å². The number of likely N-dealkylation sites (tertiary alicyclic amines) is 1. The van der Waals surface area contributed by atoms with Gasteiger partial charge in [0.2, 0.25) is 0 Å². The fraction of sp³-hybridized carbons (Fsp3) is 0.360. The molecule has 0 bridgehead atoms. The number of carbonyl (C=O) groups excluding carboxylic acids is 2. The number of methoxy groups -OCH3 is 1. The van der Waals surface area contributed by atoms with E-state index in [-0.39, 0.29) is 11.3 Å². The summed E-state index contributed by atoms with van der Waals surface area (Å²) in [7, 11) is 1.58. The first kappa shape index (κ1) is 24.0. The summed E-state index contributed by atoms with van der Waals surface area (Å²) in [4.78, 5) is 29.9. The van der Waals surface area contributed by atoms with Crippen molar-refractivity contribution in [3.8, 4) is 5.75 Å². The molecule has 1 aliphatic heterocycles. The van der Waals surface area contributed by atoms with Crippen LogP contribution >= 0.6 is 15.9 Å². The second-order valence-electron chi connectivity index (χ2n) is 7.76. The number of ketones is 1. The number of aliphatic hydroxyl groups is 1. The van der Waals surface area contributed by atoms with Crippen molar-refractivity contribution in [3.63, 3.8) is 0 Å². The highest BCUT2D eigenvalue weighted by Gasteiger charge is 2.45. The molecule has 170 valence electrons. The number of ether oxygens (including phenoxy) is 1. The van der Waals surface area contributed by atoms with Crippen LogP contribution in [0.3, 0.4) is 0 Å². The van der Waals surface area contributed by atoms with E-state index in [1.54, 1.807) is 30.2 Å². The summed E-state index contributed by atoms with van der Waals surface area (Å²) in [6.07, 6.45) is 0. The van der Waals surface area contributed by atoms with Crippen LogP contribution in [0.2, 0.25) is 0 Å². The summed E-state index contributed by atoms with van der Waals surface area (Å²) in [5.74, 6) is -0.738. The SMILES string of the molecule is CCN(CC)CCN1C(=O)C(=O)C(=C(O)c2ccc(OC)c(C)c2)[C@H]1c1ccc(Br)cc1. The molecule has 1 amide bonds. The molecule has 1 heterocycles. The maximum absolute atomic E-state index is 13.1. The van der Waals surface area contributed by atoms with E-state index in [4.69, 9.17) is 4.74 Å². The van der Waals surface area contributed by atoms with Gasteiger partial charge in [-0.2, -0.15) is 0 Å². The van der Waals surface area contributed by atoms with Crippen LogP contribution in [0.4, 0.5) is 0 Å². The number of halogens is 1. The summed E-state index contributed by atoms with van der Waals surface area (Å²) in [5.41, 5.74) is 2.19. The zero-order valence-electron chi connectivity index (χ0n) is 18.9. The van der Waals surface area contributed by atoms with E-state index in [0.29, 0.717) is 24.4 Å². The van der Waals surface area contributed by atoms with E-state index in [0.717, 1.165) is 28.7 Å². The van der Waals surface area contributed by atoms with E-state index >= 15 is 0 Å². The first-order valence-corrected chi connectivity index (χ1v) is 11.5. The van der Waals surface area contributed by atoms with Crippen molar-refractivity contribution in [2.24, 2.45) is 0 Å². The summed E-state index contributed by atoms with van der Waals surface area (Å²) in [6, 6.07) is 12.0. The number of rotatable bonds is 8. The van der Waals surface area contributed by atoms with Crippen molar-refractivity contribution >= 4 is 33.4 Å². The summed E-state index contributed by atoms with van der Waals surface area (Å²) < 4.78 is 6.20. The molecule has 1 saturated heterocycles. The molecule has 2 aromatic carbocycles. The van der Waals surface area contributed by atoms with E-state index in [1.165, 1.54) is 0 Å². The standard InChI is InChI=1S/C25H29BrN2O4/c1-5-27(6-2)13-14-28-22(17-7-10-19(26)11-8-17)21(24(30)25(28)31)23(29)18-9-12-20(32-4)16(3)15-18/h7-12,15,22,29H,5-6,13-14H2,1-4H3/t22-/m1/s1. The van der Waals surface area contributed by atoms with Crippen LogP contribution in [0.15, 0.2) is 52.5 Å². The highest BCUT2D eigenvalue weighted by Crippen LogP contribution is 2.40. The minimum Gasteiger partial charge on any atom is -0.507 e. The number of carbonyl (C=O) groups is 2. The molecule has 7 heteroatoms. The molecule has 1 atom stereocenters. The molecule has 1 fully saturated rings. The van der Waals surface area contributed by atoms with E-state index < -0.39 is 17.7 Å². The summed E-state index contributed by atoms with van der Waals surface area (Å²) in [5, 5.41) is 11.2. The number of hydrogen-bond donors (Lipinski definition) is 1. The van der Waals surface area contributed by atoms with Crippen molar-refractivity contribution in [2.45, 2.75) is 26.8 Å². The van der Waals surface area contributed by atoms with Gasteiger partial charge in [0, 0.05) is 23.1 Å². The lowest BCUT2D eigenvalue weighted by Gasteiger charge is -2.28. The van der Waals surface area contributed by atoms with Crippen molar-refractivity contribution in [1.29, 1.82) is 0 Å². The van der Waals surface area contributed by atoms with E-state index in [2.05, 4.69) is 34.7 Å². The maximum atomic E-state index is 13.1. The van der Waals surface area contributed by atoms with Gasteiger partial charge in [-0.15, -0.1) is 0 Å². The molecular formula is C25H29BrN2O4. The molecule has 0 saturated carbocycles. The third-order valence-corrected chi connectivity index (χ3v) is 6.47. The van der Waals surface area contributed by atoms with Crippen molar-refractivity contribution in [2.75, 3.05) is 33.3 Å². The van der Waals surface area contributed by atoms with Crippen LogP contribution in [0.1, 0.15) is 36.6 Å². The Morgan fingerprint density at radius 1 is 1.12 bits per heavy atom. The van der Waals surface area contributed by atoms with Gasteiger partial charge in [-0.3, -0.25) is 9.59 Å². The Bertz CT molecular complexity index is 1030. The van der Waals surface area contributed by atoms with Gasteiger partial charge in [0.15, 0.2) is 0 Å². The third kappa shape index (κ3) is 4.74. The number of aliphatic hydroxyl groups excluding tert-OH is 1. The smallest absolute Gasteiger partial charge is 0.295 e. The topological polar surface area (TPSA) is 70.1 Å². The molecule has 0 aliphatic carbocycles. The van der Waals surface area contributed by atoms with E-state index in [9.17, 15) is 14.7 Å². The van der Waals surface area contributed by atoms with Crippen LogP contribution < -0.4 is 4.74 Å². The van der Waals surface area contributed by atoms with Crippen LogP contribution in [0.5, 0.6) is 5.75 Å². The number of benzene rings is 2. The Morgan fingerprint density at radius 2 is 1.78 bits per heavy atom. The monoisotopic (exact) mass is 500 g/mol. The maximum Gasteiger partial charge on any atom is 0.295 e. The molecule has 3 rings (SSSR count). The van der Waals surface area contributed by atoms with Gasteiger partial charge >= 0.3 is 0 Å². The Labute approximate surface area is 197 Å². The van der Waals surface area contributed by atoms with Crippen LogP contribution in [-0.2, 0) is 9.59 Å². The zero-order chi connectivity index (χ0) is 23.4. The van der Waals surface area contributed by atoms with Crippen molar-refractivity contribution in [3.05, 3.63) is 69.2 Å². The summed E-state index contributed by atoms with van der Waals surface area (Å²) in [6.45, 7) is 8.75. The number of hydrogen-bond acceptors (Lipinski definition) is 5. The largest absolute Gasteiger partial charge is 0.507 e. The van der Waals surface area contributed by atoms with Crippen LogP contribution in [0.25, 0.3) is 5.76 Å². The molecule has 0 radical (unpaired) electrons. The molecule has 32 heavy (non-hydrogen) atoms. The quantitative estimate of drug-likeness (QED) is 0.327. The summed E-state index contributed by atoms with van der Waals surface area (Å²) >= 11 is 3.44. The fourth-order valence-electron chi connectivity index (χ4n) is 4.07. The van der Waals surface area contributed by atoms with Crippen LogP contribution in [0, 0.1) is 6.92 Å². The number of Topliss-reactive ketones (excluding diaryl/α,β-unsaturated/α-hetero) is 1. The predicted molar refractivity (Wildman–Crippen MR) is 129 cm³/mol. The zero-order valence-corrected chi connectivity index (χ0v) is 20.5. The minimum absolute atomic E-state index is 0.112. The fourth-order valence-corrected chi connectivity index (χ4v) is 4.34. The minimum atomic E-state index is -0.663. The first-order chi connectivity index (χ1) is 15.3. The second-order valence-corrected chi connectivity index (χ2v) is 8.67. The Morgan fingerprint density at radius 3 is 2.34 bits per heavy atom. The van der Waals surface area contributed by atoms with Gasteiger partial charge in [0.1, 0.15) is 11.5 Å². The molecule has 2 aromatic rings. The lowest BCUT2D eigenvalue weighted by Crippen LogP contribution is -2.38. The highest BCUT2D eigenvalue weighted by molar-refractivity contribution is 9.10. The van der Waals surface area contributed by atoms with Crippen molar-refractivity contribution in [1.82, 2.24) is 9.80 Å². The third-order valence-electron chi connectivity index (χ3n) is 5.95. The van der Waals surface area contributed by atoms with Gasteiger partial charge < -0.3 is 19.6 Å². The number of aryl methyl sites for hydroxylation is 1. The molecule has 6 nitrogen and oxygen atoms in total. The number of amides is 1. The molecule has 0 spiro atoms.